The van der Waals surface area contributed by atoms with Gasteiger partial charge in [-0.1, -0.05) is 6.07 Å². The van der Waals surface area contributed by atoms with Crippen LogP contribution in [0.25, 0.3) is 0 Å². The van der Waals surface area contributed by atoms with Gasteiger partial charge < -0.3 is 11.1 Å². The molecule has 24 heavy (non-hydrogen) atoms. The van der Waals surface area contributed by atoms with Gasteiger partial charge >= 0.3 is 0 Å². The molecule has 2 rings (SSSR count). The van der Waals surface area contributed by atoms with Crippen LogP contribution in [0.1, 0.15) is 24.0 Å². The molecule has 136 valence electrons. The van der Waals surface area contributed by atoms with E-state index in [9.17, 15) is 8.42 Å². The number of nitrogens with zero attached hydrogens (tertiary/aromatic N) is 2. The number of anilines is 1. The molecule has 0 saturated carbocycles. The van der Waals surface area contributed by atoms with Crippen molar-refractivity contribution in [2.75, 3.05) is 31.2 Å². The Bertz CT molecular complexity index is 683. The quantitative estimate of drug-likeness (QED) is 0.405. The Labute approximate surface area is 162 Å². The zero-order valence-corrected chi connectivity index (χ0v) is 17.6. The van der Waals surface area contributed by atoms with E-state index in [4.69, 9.17) is 5.73 Å². The molecule has 0 aromatic heterocycles. The summed E-state index contributed by atoms with van der Waals surface area (Å²) in [5.74, 6) is 0.784. The monoisotopic (exact) mass is 466 g/mol. The van der Waals surface area contributed by atoms with Gasteiger partial charge in [0, 0.05) is 25.3 Å². The average Bonchev–Trinajstić information content (AvgIpc) is 2.48. The number of aryl methyl sites for hydroxylation is 2. The minimum absolute atomic E-state index is 0. The first kappa shape index (κ1) is 21.2. The predicted octanol–water partition coefficient (Wildman–Crippen LogP) is 2.32. The lowest BCUT2D eigenvalue weighted by Gasteiger charge is -2.29. The second-order valence-electron chi connectivity index (χ2n) is 6.26. The van der Waals surface area contributed by atoms with Crippen LogP contribution in [0, 0.1) is 19.8 Å². The fraction of sp³-hybridized carbons (Fsp3) is 0.562. The first-order valence-electron chi connectivity index (χ1n) is 7.85. The Morgan fingerprint density at radius 3 is 2.46 bits per heavy atom. The molecular weight excluding hydrogens is 439 g/mol. The van der Waals surface area contributed by atoms with Crippen molar-refractivity contribution in [2.24, 2.45) is 16.6 Å². The molecule has 1 fully saturated rings. The van der Waals surface area contributed by atoms with Crippen molar-refractivity contribution in [3.8, 4) is 0 Å². The van der Waals surface area contributed by atoms with Crippen molar-refractivity contribution in [1.29, 1.82) is 0 Å². The van der Waals surface area contributed by atoms with Crippen molar-refractivity contribution >= 4 is 45.6 Å². The number of hydrogen-bond acceptors (Lipinski definition) is 3. The van der Waals surface area contributed by atoms with E-state index in [1.165, 1.54) is 21.7 Å². The van der Waals surface area contributed by atoms with Crippen molar-refractivity contribution < 1.29 is 8.42 Å². The van der Waals surface area contributed by atoms with Gasteiger partial charge in [-0.05, 0) is 55.9 Å². The summed E-state index contributed by atoms with van der Waals surface area (Å²) in [5, 5.41) is 3.10. The zero-order valence-electron chi connectivity index (χ0n) is 14.4. The lowest BCUT2D eigenvalue weighted by atomic mass is 9.98. The van der Waals surface area contributed by atoms with Crippen molar-refractivity contribution in [3.05, 3.63) is 29.3 Å². The minimum Gasteiger partial charge on any atom is -0.370 e. The third-order valence-electron chi connectivity index (χ3n) is 4.34. The Morgan fingerprint density at radius 2 is 1.92 bits per heavy atom. The van der Waals surface area contributed by atoms with E-state index in [1.54, 1.807) is 0 Å². The molecule has 1 aromatic carbocycles. The van der Waals surface area contributed by atoms with Gasteiger partial charge in [-0.25, -0.2) is 12.7 Å². The summed E-state index contributed by atoms with van der Waals surface area (Å²) in [7, 11) is -3.07. The van der Waals surface area contributed by atoms with Crippen molar-refractivity contribution in [2.45, 2.75) is 26.7 Å². The molecule has 8 heteroatoms. The van der Waals surface area contributed by atoms with E-state index in [-0.39, 0.29) is 24.0 Å². The number of aliphatic imine (C=N–C) groups is 1. The highest BCUT2D eigenvalue weighted by Crippen LogP contribution is 2.19. The van der Waals surface area contributed by atoms with E-state index in [0.717, 1.165) is 18.5 Å². The van der Waals surface area contributed by atoms with Crippen LogP contribution < -0.4 is 11.1 Å². The van der Waals surface area contributed by atoms with Gasteiger partial charge in [0.15, 0.2) is 5.96 Å². The van der Waals surface area contributed by atoms with Crippen LogP contribution in [0.4, 0.5) is 5.69 Å². The van der Waals surface area contributed by atoms with E-state index >= 15 is 0 Å². The SMILES string of the molecule is Cc1ccc(NC(N)=NCC2CCN(S(C)(=O)=O)CC2)cc1C.I. The van der Waals surface area contributed by atoms with E-state index in [2.05, 4.69) is 24.2 Å². The summed E-state index contributed by atoms with van der Waals surface area (Å²) in [6.45, 7) is 5.90. The molecule has 1 aromatic rings. The molecule has 0 amide bonds. The van der Waals surface area contributed by atoms with Gasteiger partial charge in [0.2, 0.25) is 10.0 Å². The highest BCUT2D eigenvalue weighted by molar-refractivity contribution is 14.0. The van der Waals surface area contributed by atoms with Gasteiger partial charge in [0.05, 0.1) is 6.26 Å². The van der Waals surface area contributed by atoms with Crippen molar-refractivity contribution in [1.82, 2.24) is 4.31 Å². The van der Waals surface area contributed by atoms with Gasteiger partial charge in [0.1, 0.15) is 0 Å². The lowest BCUT2D eigenvalue weighted by Crippen LogP contribution is -2.38. The van der Waals surface area contributed by atoms with Crippen LogP contribution >= 0.6 is 24.0 Å². The Morgan fingerprint density at radius 1 is 1.29 bits per heavy atom. The highest BCUT2D eigenvalue weighted by Gasteiger charge is 2.24. The van der Waals surface area contributed by atoms with Gasteiger partial charge in [0.25, 0.3) is 0 Å². The fourth-order valence-corrected chi connectivity index (χ4v) is 3.53. The summed E-state index contributed by atoms with van der Waals surface area (Å²) in [6, 6.07) is 6.07. The van der Waals surface area contributed by atoms with Gasteiger partial charge in [-0.2, -0.15) is 0 Å². The number of hydrogen-bond donors (Lipinski definition) is 2. The first-order chi connectivity index (χ1) is 10.8. The summed E-state index contributed by atoms with van der Waals surface area (Å²) in [5.41, 5.74) is 9.32. The van der Waals surface area contributed by atoms with Crippen molar-refractivity contribution in [3.63, 3.8) is 0 Å². The Kier molecular flexibility index (Phi) is 7.94. The molecule has 0 spiro atoms. The molecule has 0 aliphatic carbocycles. The smallest absolute Gasteiger partial charge is 0.211 e. The molecule has 0 atom stereocenters. The second kappa shape index (κ2) is 9.00. The molecule has 0 radical (unpaired) electrons. The fourth-order valence-electron chi connectivity index (χ4n) is 2.66. The first-order valence-corrected chi connectivity index (χ1v) is 9.70. The van der Waals surface area contributed by atoms with Crippen LogP contribution in [0.15, 0.2) is 23.2 Å². The molecule has 6 nitrogen and oxygen atoms in total. The number of halogens is 1. The molecule has 1 aliphatic heterocycles. The summed E-state index contributed by atoms with van der Waals surface area (Å²) < 4.78 is 24.5. The number of piperidine rings is 1. The predicted molar refractivity (Wildman–Crippen MR) is 111 cm³/mol. The standard InChI is InChI=1S/C16H26N4O2S.HI/c1-12-4-5-15(10-13(12)2)19-16(17)18-11-14-6-8-20(9-7-14)23(3,21)22;/h4-5,10,14H,6-9,11H2,1-3H3,(H3,17,18,19);1H. The van der Waals surface area contributed by atoms with Crippen LogP contribution in [0.2, 0.25) is 0 Å². The topological polar surface area (TPSA) is 87.8 Å². The minimum atomic E-state index is -3.07. The summed E-state index contributed by atoms with van der Waals surface area (Å²) >= 11 is 0. The molecule has 3 N–H and O–H groups in total. The van der Waals surface area contributed by atoms with Crippen LogP contribution in [0.3, 0.4) is 0 Å². The van der Waals surface area contributed by atoms with Gasteiger partial charge in [-0.3, -0.25) is 4.99 Å². The maximum absolute atomic E-state index is 11.5. The molecular formula is C16H27IN4O2S. The van der Waals surface area contributed by atoms with Crippen LogP contribution in [-0.2, 0) is 10.0 Å². The largest absolute Gasteiger partial charge is 0.370 e. The Balaban J connectivity index is 0.00000288. The maximum Gasteiger partial charge on any atom is 0.211 e. The molecule has 1 saturated heterocycles. The van der Waals surface area contributed by atoms with E-state index in [0.29, 0.717) is 31.5 Å². The second-order valence-corrected chi connectivity index (χ2v) is 8.24. The molecule has 0 bridgehead atoms. The summed E-state index contributed by atoms with van der Waals surface area (Å²) in [4.78, 5) is 4.40. The maximum atomic E-state index is 11.5. The number of benzene rings is 1. The van der Waals surface area contributed by atoms with Crippen LogP contribution in [-0.4, -0.2) is 44.6 Å². The normalized spacial score (nSPS) is 17.4. The average molecular weight is 466 g/mol. The summed E-state index contributed by atoms with van der Waals surface area (Å²) in [6.07, 6.45) is 2.91. The van der Waals surface area contributed by atoms with Gasteiger partial charge in [-0.15, -0.1) is 24.0 Å². The van der Waals surface area contributed by atoms with Crippen LogP contribution in [0.5, 0.6) is 0 Å². The Hall–Kier alpha value is -0.870. The number of nitrogens with two attached hydrogens (primary N) is 1. The number of sulfonamides is 1. The molecule has 0 unspecified atom stereocenters. The third-order valence-corrected chi connectivity index (χ3v) is 5.64. The number of guanidine groups is 1. The molecule has 1 heterocycles. The zero-order chi connectivity index (χ0) is 17.0. The third kappa shape index (κ3) is 6.21. The molecule has 1 aliphatic rings. The lowest BCUT2D eigenvalue weighted by molar-refractivity contribution is 0.280. The highest BCUT2D eigenvalue weighted by atomic mass is 127. The number of nitrogens with one attached hydrogen (secondary N) is 1. The van der Waals surface area contributed by atoms with E-state index < -0.39 is 10.0 Å². The number of rotatable bonds is 4. The van der Waals surface area contributed by atoms with E-state index in [1.807, 2.05) is 18.2 Å².